The summed E-state index contributed by atoms with van der Waals surface area (Å²) in [7, 11) is 0. The lowest BCUT2D eigenvalue weighted by Crippen LogP contribution is -1.94. The van der Waals surface area contributed by atoms with Crippen LogP contribution in [-0.2, 0) is 9.53 Å². The zero-order valence-electron chi connectivity index (χ0n) is 7.11. The van der Waals surface area contributed by atoms with Gasteiger partial charge in [0.15, 0.2) is 0 Å². The quantitative estimate of drug-likeness (QED) is 0.593. The van der Waals surface area contributed by atoms with Crippen LogP contribution in [0, 0.1) is 0 Å². The molecule has 0 N–H and O–H groups in total. The van der Waals surface area contributed by atoms with Crippen molar-refractivity contribution in [2.75, 3.05) is 0 Å². The van der Waals surface area contributed by atoms with E-state index in [0.717, 1.165) is 12.0 Å². The molecule has 1 aliphatic carbocycles. The maximum absolute atomic E-state index is 10.1. The Morgan fingerprint density at radius 1 is 1.43 bits per heavy atom. The fraction of sp³-hybridized carbons (Fsp3) is 0.333. The number of halogens is 2. The smallest absolute Gasteiger partial charge is 0.293 e. The van der Waals surface area contributed by atoms with Crippen molar-refractivity contribution in [2.24, 2.45) is 0 Å². The fourth-order valence-electron chi connectivity index (χ4n) is 1.44. The minimum Gasteiger partial charge on any atom is -0.464 e. The van der Waals surface area contributed by atoms with E-state index in [1.54, 1.807) is 12.1 Å². The van der Waals surface area contributed by atoms with Gasteiger partial charge < -0.3 is 4.74 Å². The number of ether oxygens (including phenoxy) is 1. The number of nitrogens with zero attached hydrogens (tertiary/aromatic N) is 1. The summed E-state index contributed by atoms with van der Waals surface area (Å²) >= 11 is 11.5. The van der Waals surface area contributed by atoms with Crippen LogP contribution in [-0.4, -0.2) is 17.6 Å². The Hall–Kier alpha value is -0.800. The molecule has 5 heteroatoms. The van der Waals surface area contributed by atoms with E-state index >= 15 is 0 Å². The number of carbonyl (C=O) groups is 1. The SMILES string of the molecule is O=CO[C@@H]1C[C@H]1c1cc(Cl)nc(Cl)c1. The number of aromatic nitrogens is 1. The largest absolute Gasteiger partial charge is 0.464 e. The van der Waals surface area contributed by atoms with Gasteiger partial charge in [0.25, 0.3) is 6.47 Å². The molecular weight excluding hydrogens is 225 g/mol. The van der Waals surface area contributed by atoms with Crippen LogP contribution in [0.4, 0.5) is 0 Å². The molecule has 0 amide bonds. The predicted molar refractivity (Wildman–Crippen MR) is 52.6 cm³/mol. The molecule has 0 radical (unpaired) electrons. The lowest BCUT2D eigenvalue weighted by Gasteiger charge is -2.00. The summed E-state index contributed by atoms with van der Waals surface area (Å²) in [6.07, 6.45) is 0.803. The molecule has 14 heavy (non-hydrogen) atoms. The standard InChI is InChI=1S/C9H7Cl2NO2/c10-8-1-5(2-9(11)12-8)6-3-7(6)14-4-13/h1-2,4,6-7H,3H2/t6-,7+/m0/s1. The normalized spacial score (nSPS) is 24.4. The van der Waals surface area contributed by atoms with Crippen LogP contribution in [0.15, 0.2) is 12.1 Å². The molecule has 0 spiro atoms. The van der Waals surface area contributed by atoms with E-state index in [1.807, 2.05) is 0 Å². The summed E-state index contributed by atoms with van der Waals surface area (Å²) in [4.78, 5) is 13.9. The summed E-state index contributed by atoms with van der Waals surface area (Å²) in [6.45, 7) is 0.467. The first-order chi connectivity index (χ1) is 6.70. The Balaban J connectivity index is 2.14. The number of hydrogen-bond donors (Lipinski definition) is 0. The molecule has 0 unspecified atom stereocenters. The highest BCUT2D eigenvalue weighted by Gasteiger charge is 2.40. The van der Waals surface area contributed by atoms with Crippen LogP contribution >= 0.6 is 23.2 Å². The maximum Gasteiger partial charge on any atom is 0.293 e. The van der Waals surface area contributed by atoms with E-state index in [2.05, 4.69) is 4.98 Å². The van der Waals surface area contributed by atoms with E-state index in [-0.39, 0.29) is 12.0 Å². The van der Waals surface area contributed by atoms with E-state index in [0.29, 0.717) is 16.8 Å². The Bertz CT molecular complexity index is 350. The Morgan fingerprint density at radius 3 is 2.64 bits per heavy atom. The molecule has 1 fully saturated rings. The van der Waals surface area contributed by atoms with Gasteiger partial charge in [-0.2, -0.15) is 0 Å². The van der Waals surface area contributed by atoms with Crippen LogP contribution in [0.2, 0.25) is 10.3 Å². The zero-order valence-corrected chi connectivity index (χ0v) is 8.63. The third-order valence-corrected chi connectivity index (χ3v) is 2.56. The second-order valence-electron chi connectivity index (χ2n) is 3.16. The van der Waals surface area contributed by atoms with Gasteiger partial charge in [0.1, 0.15) is 16.4 Å². The molecule has 0 aromatic carbocycles. The van der Waals surface area contributed by atoms with Gasteiger partial charge in [0.05, 0.1) is 0 Å². The molecular formula is C9H7Cl2NO2. The van der Waals surface area contributed by atoms with Crippen molar-refractivity contribution >= 4 is 29.7 Å². The van der Waals surface area contributed by atoms with Crippen molar-refractivity contribution in [2.45, 2.75) is 18.4 Å². The summed E-state index contributed by atoms with van der Waals surface area (Å²) in [6, 6.07) is 3.48. The first kappa shape index (κ1) is 9.74. The van der Waals surface area contributed by atoms with Crippen molar-refractivity contribution < 1.29 is 9.53 Å². The van der Waals surface area contributed by atoms with E-state index in [9.17, 15) is 4.79 Å². The number of hydrogen-bond acceptors (Lipinski definition) is 3. The maximum atomic E-state index is 10.1. The molecule has 1 aromatic heterocycles. The van der Waals surface area contributed by atoms with E-state index < -0.39 is 0 Å². The van der Waals surface area contributed by atoms with Gasteiger partial charge in [-0.25, -0.2) is 4.98 Å². The lowest BCUT2D eigenvalue weighted by molar-refractivity contribution is -0.129. The average molecular weight is 232 g/mol. The summed E-state index contributed by atoms with van der Waals surface area (Å²) < 4.78 is 4.81. The van der Waals surface area contributed by atoms with Crippen molar-refractivity contribution in [3.63, 3.8) is 0 Å². The van der Waals surface area contributed by atoms with Crippen LogP contribution in [0.1, 0.15) is 17.9 Å². The van der Waals surface area contributed by atoms with Crippen molar-refractivity contribution in [1.82, 2.24) is 4.98 Å². The molecule has 2 rings (SSSR count). The minimum absolute atomic E-state index is 0.0259. The van der Waals surface area contributed by atoms with E-state index in [4.69, 9.17) is 27.9 Å². The average Bonchev–Trinajstić information content (AvgIpc) is 2.82. The van der Waals surface area contributed by atoms with Gasteiger partial charge in [-0.3, -0.25) is 4.79 Å². The van der Waals surface area contributed by atoms with Crippen LogP contribution in [0.5, 0.6) is 0 Å². The number of carbonyl (C=O) groups excluding carboxylic acids is 1. The summed E-state index contributed by atoms with van der Waals surface area (Å²) in [5.41, 5.74) is 0.974. The molecule has 1 aromatic rings. The highest BCUT2D eigenvalue weighted by atomic mass is 35.5. The molecule has 0 aliphatic heterocycles. The van der Waals surface area contributed by atoms with Crippen LogP contribution < -0.4 is 0 Å². The second-order valence-corrected chi connectivity index (χ2v) is 3.93. The lowest BCUT2D eigenvalue weighted by atomic mass is 10.2. The first-order valence-corrected chi connectivity index (χ1v) is 4.88. The zero-order chi connectivity index (χ0) is 10.1. The van der Waals surface area contributed by atoms with Crippen LogP contribution in [0.25, 0.3) is 0 Å². The van der Waals surface area contributed by atoms with Crippen molar-refractivity contribution in [3.8, 4) is 0 Å². The van der Waals surface area contributed by atoms with Gasteiger partial charge in [0, 0.05) is 5.92 Å². The van der Waals surface area contributed by atoms with Crippen molar-refractivity contribution in [1.29, 1.82) is 0 Å². The molecule has 74 valence electrons. The molecule has 1 heterocycles. The van der Waals surface area contributed by atoms with Gasteiger partial charge in [-0.1, -0.05) is 23.2 Å². The Morgan fingerprint density at radius 2 is 2.07 bits per heavy atom. The highest BCUT2D eigenvalue weighted by molar-refractivity contribution is 6.32. The van der Waals surface area contributed by atoms with Crippen LogP contribution in [0.3, 0.4) is 0 Å². The molecule has 1 saturated carbocycles. The first-order valence-electron chi connectivity index (χ1n) is 4.13. The molecule has 1 aliphatic rings. The monoisotopic (exact) mass is 231 g/mol. The molecule has 3 nitrogen and oxygen atoms in total. The topological polar surface area (TPSA) is 39.2 Å². The third-order valence-electron chi connectivity index (χ3n) is 2.18. The van der Waals surface area contributed by atoms with E-state index in [1.165, 1.54) is 0 Å². The minimum atomic E-state index is -0.0259. The summed E-state index contributed by atoms with van der Waals surface area (Å²) in [5, 5.41) is 0.730. The summed E-state index contributed by atoms with van der Waals surface area (Å²) in [5.74, 6) is 0.221. The second kappa shape index (κ2) is 3.75. The van der Waals surface area contributed by atoms with Gasteiger partial charge in [-0.15, -0.1) is 0 Å². The van der Waals surface area contributed by atoms with Gasteiger partial charge >= 0.3 is 0 Å². The number of rotatable bonds is 3. The van der Waals surface area contributed by atoms with Gasteiger partial charge in [0.2, 0.25) is 0 Å². The Labute approximate surface area is 91.0 Å². The fourth-order valence-corrected chi connectivity index (χ4v) is 1.92. The molecule has 0 bridgehead atoms. The van der Waals surface area contributed by atoms with Gasteiger partial charge in [-0.05, 0) is 24.1 Å². The third kappa shape index (κ3) is 1.99. The predicted octanol–water partition coefficient (Wildman–Crippen LogP) is 2.42. The molecule has 2 atom stereocenters. The molecule has 0 saturated heterocycles. The number of pyridine rings is 1. The van der Waals surface area contributed by atoms with Crippen molar-refractivity contribution in [3.05, 3.63) is 28.0 Å². The highest BCUT2D eigenvalue weighted by Crippen LogP contribution is 2.43. The Kier molecular flexibility index (Phi) is 2.61.